The Morgan fingerprint density at radius 1 is 1.08 bits per heavy atom. The number of halogens is 2. The zero-order valence-electron chi connectivity index (χ0n) is 20.1. The van der Waals surface area contributed by atoms with Crippen molar-refractivity contribution in [3.63, 3.8) is 0 Å². The number of imidazole rings is 1. The van der Waals surface area contributed by atoms with Crippen LogP contribution in [0.3, 0.4) is 0 Å². The van der Waals surface area contributed by atoms with Gasteiger partial charge < -0.3 is 34.8 Å². The second-order valence-corrected chi connectivity index (χ2v) is 9.33. The number of aromatic nitrogens is 4. The normalized spacial score (nSPS) is 28.1. The highest BCUT2D eigenvalue weighted by atomic mass is 19.3. The number of aliphatic hydroxyl groups excluding tert-OH is 3. The molecule has 37 heavy (non-hydrogen) atoms. The molecule has 0 radical (unpaired) electrons. The summed E-state index contributed by atoms with van der Waals surface area (Å²) in [6, 6.07) is 6.08. The third-order valence-corrected chi connectivity index (χ3v) is 6.73. The lowest BCUT2D eigenvalue weighted by atomic mass is 9.93. The Bertz CT molecular complexity index is 1200. The summed E-state index contributed by atoms with van der Waals surface area (Å²) in [5.41, 5.74) is 1.36. The summed E-state index contributed by atoms with van der Waals surface area (Å²) >= 11 is 0. The van der Waals surface area contributed by atoms with E-state index in [4.69, 9.17) is 9.47 Å². The molecule has 2 aliphatic rings. The highest BCUT2D eigenvalue weighted by molar-refractivity contribution is 5.79. The summed E-state index contributed by atoms with van der Waals surface area (Å²) in [4.78, 5) is 13.3. The summed E-state index contributed by atoms with van der Waals surface area (Å²) in [7, 11) is 0. The van der Waals surface area contributed by atoms with Crippen LogP contribution < -0.4 is 14.8 Å². The molecule has 3 heterocycles. The molecule has 200 valence electrons. The number of hydrogen-bond acceptors (Lipinski definition) is 10. The number of rotatable bonds is 8. The number of aliphatic hydroxyl groups is 3. The van der Waals surface area contributed by atoms with Gasteiger partial charge in [0.25, 0.3) is 0 Å². The Balaban J connectivity index is 1.43. The van der Waals surface area contributed by atoms with Crippen LogP contribution in [0, 0.1) is 0 Å². The van der Waals surface area contributed by atoms with Crippen molar-refractivity contribution in [2.24, 2.45) is 0 Å². The van der Waals surface area contributed by atoms with E-state index in [1.54, 1.807) is 23.6 Å². The second kappa shape index (κ2) is 10.7. The first-order valence-electron chi connectivity index (χ1n) is 12.2. The fourth-order valence-corrected chi connectivity index (χ4v) is 4.70. The summed E-state index contributed by atoms with van der Waals surface area (Å²) < 4.78 is 42.5. The van der Waals surface area contributed by atoms with Gasteiger partial charge in [-0.1, -0.05) is 12.1 Å². The van der Waals surface area contributed by atoms with Gasteiger partial charge in [-0.05, 0) is 50.3 Å². The molecule has 1 aliphatic carbocycles. The number of fused-ring (bicyclic) bond motifs is 1. The standard InChI is InChI=1S/C24H29F2N5O6/c1-12-18(33)19(34)22(36-12)31-20-17(30-24(31)29-14-4-6-15(32)7-5-14)21(28-11-27-20)35-10-13-2-8-16(9-3-13)37-23(25)26/h2-3,8-9,11-12,14-15,18-19,22-23,32-34H,4-7,10H2,1H3,(H,29,30)/t12-,14?,15?,18-,19-,22-/m1/s1. The SMILES string of the molecule is C[C@H]1O[C@@H](n2c(NC3CCC(O)CC3)nc3c(OCc4ccc(OC(F)F)cc4)ncnc32)[C@H](O)[C@@H]1O. The van der Waals surface area contributed by atoms with Crippen LogP contribution in [0.2, 0.25) is 0 Å². The first kappa shape index (κ1) is 25.5. The molecule has 3 aromatic rings. The molecule has 5 rings (SSSR count). The minimum Gasteiger partial charge on any atom is -0.471 e. The highest BCUT2D eigenvalue weighted by Gasteiger charge is 2.43. The average Bonchev–Trinajstić information content (AvgIpc) is 3.36. The van der Waals surface area contributed by atoms with Crippen molar-refractivity contribution >= 4 is 17.1 Å². The van der Waals surface area contributed by atoms with Crippen molar-refractivity contribution in [2.75, 3.05) is 5.32 Å². The third kappa shape index (κ3) is 5.44. The molecule has 1 saturated carbocycles. The van der Waals surface area contributed by atoms with Crippen LogP contribution in [-0.2, 0) is 11.3 Å². The lowest BCUT2D eigenvalue weighted by molar-refractivity contribution is -0.0498. The van der Waals surface area contributed by atoms with Gasteiger partial charge in [0.15, 0.2) is 17.4 Å². The quantitative estimate of drug-likeness (QED) is 0.349. The average molecular weight is 522 g/mol. The van der Waals surface area contributed by atoms with Gasteiger partial charge in [-0.15, -0.1) is 0 Å². The van der Waals surface area contributed by atoms with Crippen LogP contribution in [0.4, 0.5) is 14.7 Å². The molecule has 0 unspecified atom stereocenters. The van der Waals surface area contributed by atoms with Gasteiger partial charge in [0.1, 0.15) is 30.9 Å². The van der Waals surface area contributed by atoms with Gasteiger partial charge in [0.2, 0.25) is 11.8 Å². The molecule has 4 N–H and O–H groups in total. The summed E-state index contributed by atoms with van der Waals surface area (Å²) in [6.45, 7) is -1.15. The Morgan fingerprint density at radius 2 is 1.81 bits per heavy atom. The van der Waals surface area contributed by atoms with E-state index in [1.165, 1.54) is 18.5 Å². The predicted molar refractivity (Wildman–Crippen MR) is 126 cm³/mol. The Kier molecular flexibility index (Phi) is 7.38. The van der Waals surface area contributed by atoms with Crippen LogP contribution >= 0.6 is 0 Å². The first-order chi connectivity index (χ1) is 17.8. The number of anilines is 1. The topological polar surface area (TPSA) is 144 Å². The molecule has 1 aliphatic heterocycles. The molecule has 1 saturated heterocycles. The van der Waals surface area contributed by atoms with Gasteiger partial charge in [0.05, 0.1) is 12.2 Å². The van der Waals surface area contributed by atoms with E-state index in [2.05, 4.69) is 25.0 Å². The lowest BCUT2D eigenvalue weighted by Crippen LogP contribution is -2.32. The molecular weight excluding hydrogens is 492 g/mol. The maximum absolute atomic E-state index is 12.4. The molecule has 1 aromatic carbocycles. The van der Waals surface area contributed by atoms with E-state index in [-0.39, 0.29) is 30.4 Å². The third-order valence-electron chi connectivity index (χ3n) is 6.73. The van der Waals surface area contributed by atoms with Crippen molar-refractivity contribution in [3.05, 3.63) is 36.2 Å². The van der Waals surface area contributed by atoms with Crippen LogP contribution in [-0.4, -0.2) is 71.9 Å². The summed E-state index contributed by atoms with van der Waals surface area (Å²) in [6.07, 6.45) is -0.0930. The fraction of sp³-hybridized carbons (Fsp3) is 0.542. The Labute approximate surface area is 211 Å². The second-order valence-electron chi connectivity index (χ2n) is 9.33. The minimum atomic E-state index is -2.90. The lowest BCUT2D eigenvalue weighted by Gasteiger charge is -2.28. The molecule has 0 amide bonds. The minimum absolute atomic E-state index is 0.0335. The van der Waals surface area contributed by atoms with Crippen LogP contribution in [0.1, 0.15) is 44.4 Å². The monoisotopic (exact) mass is 521 g/mol. The number of ether oxygens (including phenoxy) is 3. The summed E-state index contributed by atoms with van der Waals surface area (Å²) in [5.74, 6) is 0.597. The van der Waals surface area contributed by atoms with E-state index < -0.39 is 31.2 Å². The molecule has 0 spiro atoms. The molecule has 2 aromatic heterocycles. The van der Waals surface area contributed by atoms with Gasteiger partial charge in [-0.3, -0.25) is 4.57 Å². The van der Waals surface area contributed by atoms with E-state index in [0.717, 1.165) is 12.8 Å². The number of hydrogen-bond donors (Lipinski definition) is 4. The zero-order valence-corrected chi connectivity index (χ0v) is 20.1. The van der Waals surface area contributed by atoms with Gasteiger partial charge >= 0.3 is 6.61 Å². The van der Waals surface area contributed by atoms with E-state index in [1.807, 2.05) is 0 Å². The van der Waals surface area contributed by atoms with Crippen LogP contribution in [0.15, 0.2) is 30.6 Å². The molecule has 11 nitrogen and oxygen atoms in total. The predicted octanol–water partition coefficient (Wildman–Crippen LogP) is 2.36. The van der Waals surface area contributed by atoms with Crippen molar-refractivity contribution in [2.45, 2.75) is 82.5 Å². The Hall–Kier alpha value is -3.13. The van der Waals surface area contributed by atoms with Crippen molar-refractivity contribution in [3.8, 4) is 11.6 Å². The van der Waals surface area contributed by atoms with Gasteiger partial charge in [-0.2, -0.15) is 13.8 Å². The van der Waals surface area contributed by atoms with Crippen molar-refractivity contribution < 1.29 is 38.3 Å². The van der Waals surface area contributed by atoms with Crippen molar-refractivity contribution in [1.82, 2.24) is 19.5 Å². The summed E-state index contributed by atoms with van der Waals surface area (Å²) in [5, 5.41) is 34.3. The molecular formula is C24H29F2N5O6. The van der Waals surface area contributed by atoms with Crippen LogP contribution in [0.25, 0.3) is 11.2 Å². The first-order valence-corrected chi connectivity index (χ1v) is 12.2. The van der Waals surface area contributed by atoms with E-state index in [0.29, 0.717) is 35.5 Å². The number of nitrogens with one attached hydrogen (secondary N) is 1. The van der Waals surface area contributed by atoms with Crippen molar-refractivity contribution in [1.29, 1.82) is 0 Å². The molecule has 0 bridgehead atoms. The maximum atomic E-state index is 12.4. The molecule has 13 heteroatoms. The number of nitrogens with zero attached hydrogens (tertiary/aromatic N) is 4. The zero-order chi connectivity index (χ0) is 26.1. The fourth-order valence-electron chi connectivity index (χ4n) is 4.70. The maximum Gasteiger partial charge on any atom is 0.387 e. The number of alkyl halides is 2. The van der Waals surface area contributed by atoms with Gasteiger partial charge in [-0.25, -0.2) is 9.97 Å². The van der Waals surface area contributed by atoms with E-state index in [9.17, 15) is 24.1 Å². The number of benzene rings is 1. The van der Waals surface area contributed by atoms with E-state index >= 15 is 0 Å². The molecule has 2 fully saturated rings. The highest BCUT2D eigenvalue weighted by Crippen LogP contribution is 2.37. The largest absolute Gasteiger partial charge is 0.471 e. The van der Waals surface area contributed by atoms with Gasteiger partial charge in [0, 0.05) is 6.04 Å². The van der Waals surface area contributed by atoms with Crippen LogP contribution in [0.5, 0.6) is 11.6 Å². The Morgan fingerprint density at radius 3 is 2.46 bits per heavy atom. The molecule has 4 atom stereocenters. The smallest absolute Gasteiger partial charge is 0.387 e.